The molecule has 0 spiro atoms. The Balaban J connectivity index is 2.45. The van der Waals surface area contributed by atoms with Gasteiger partial charge < -0.3 is 15.4 Å². The first-order chi connectivity index (χ1) is 8.58. The van der Waals surface area contributed by atoms with Gasteiger partial charge in [-0.25, -0.2) is 0 Å². The van der Waals surface area contributed by atoms with Crippen molar-refractivity contribution in [3.8, 4) is 0 Å². The Morgan fingerprint density at radius 1 is 1.50 bits per heavy atom. The van der Waals surface area contributed by atoms with Gasteiger partial charge in [0.25, 0.3) is 0 Å². The van der Waals surface area contributed by atoms with E-state index in [0.717, 1.165) is 19.4 Å². The van der Waals surface area contributed by atoms with E-state index in [1.54, 1.807) is 0 Å². The zero-order valence-electron chi connectivity index (χ0n) is 12.2. The average Bonchev–Trinajstić information content (AvgIpc) is 2.86. The first-order valence-electron chi connectivity index (χ1n) is 7.15. The van der Waals surface area contributed by atoms with Crippen molar-refractivity contribution in [2.45, 2.75) is 64.6 Å². The van der Waals surface area contributed by atoms with Gasteiger partial charge in [-0.1, -0.05) is 20.3 Å². The van der Waals surface area contributed by atoms with E-state index < -0.39 is 0 Å². The van der Waals surface area contributed by atoms with Gasteiger partial charge >= 0.3 is 5.97 Å². The van der Waals surface area contributed by atoms with E-state index in [9.17, 15) is 4.79 Å². The number of ether oxygens (including phenoxy) is 1. The van der Waals surface area contributed by atoms with Crippen LogP contribution in [0.4, 0.5) is 0 Å². The van der Waals surface area contributed by atoms with Crippen molar-refractivity contribution >= 4 is 5.97 Å². The molecule has 0 saturated carbocycles. The van der Waals surface area contributed by atoms with Gasteiger partial charge in [-0.15, -0.1) is 0 Å². The van der Waals surface area contributed by atoms with Crippen molar-refractivity contribution in [2.75, 3.05) is 13.7 Å². The minimum Gasteiger partial charge on any atom is -0.468 e. The third-order valence-electron chi connectivity index (χ3n) is 3.93. The second-order valence-corrected chi connectivity index (χ2v) is 5.48. The predicted octanol–water partition coefficient (Wildman–Crippen LogP) is 1.69. The number of methoxy groups -OCH3 is 1. The van der Waals surface area contributed by atoms with E-state index in [4.69, 9.17) is 4.74 Å². The summed E-state index contributed by atoms with van der Waals surface area (Å²) in [7, 11) is 1.46. The van der Waals surface area contributed by atoms with Crippen LogP contribution in [0.3, 0.4) is 0 Å². The van der Waals surface area contributed by atoms with Crippen LogP contribution in [0.2, 0.25) is 0 Å². The number of hydrogen-bond donors (Lipinski definition) is 2. The predicted molar refractivity (Wildman–Crippen MR) is 73.5 cm³/mol. The highest BCUT2D eigenvalue weighted by molar-refractivity contribution is 5.76. The Kier molecular flexibility index (Phi) is 6.65. The van der Waals surface area contributed by atoms with Crippen LogP contribution in [0.25, 0.3) is 0 Å². The summed E-state index contributed by atoms with van der Waals surface area (Å²) in [5.74, 6) is 0.159. The highest BCUT2D eigenvalue weighted by Crippen LogP contribution is 2.14. The van der Waals surface area contributed by atoms with Crippen LogP contribution in [0.5, 0.6) is 0 Å². The molecule has 18 heavy (non-hydrogen) atoms. The monoisotopic (exact) mass is 256 g/mol. The molecular formula is C14H28N2O2. The number of nitrogens with one attached hydrogen (secondary N) is 2. The van der Waals surface area contributed by atoms with Gasteiger partial charge in [0.05, 0.1) is 7.11 Å². The first kappa shape index (κ1) is 15.4. The molecule has 0 amide bonds. The van der Waals surface area contributed by atoms with Crippen molar-refractivity contribution in [1.29, 1.82) is 0 Å². The normalized spacial score (nSPS) is 24.6. The van der Waals surface area contributed by atoms with Crippen LogP contribution in [-0.4, -0.2) is 37.7 Å². The van der Waals surface area contributed by atoms with E-state index in [1.807, 2.05) is 0 Å². The molecule has 1 fully saturated rings. The summed E-state index contributed by atoms with van der Waals surface area (Å²) in [6, 6.07) is 0.748. The first-order valence-corrected chi connectivity index (χ1v) is 7.15. The zero-order valence-corrected chi connectivity index (χ0v) is 12.2. The number of esters is 1. The molecule has 4 atom stereocenters. The summed E-state index contributed by atoms with van der Waals surface area (Å²) >= 11 is 0. The third kappa shape index (κ3) is 4.58. The molecule has 0 aliphatic carbocycles. The number of rotatable bonds is 7. The highest BCUT2D eigenvalue weighted by atomic mass is 16.5. The van der Waals surface area contributed by atoms with Crippen molar-refractivity contribution in [3.63, 3.8) is 0 Å². The SMILES string of the molecule is CCC(C)C(NC(C)CC1CCCN1)C(=O)OC. The lowest BCUT2D eigenvalue weighted by atomic mass is 9.97. The van der Waals surface area contributed by atoms with Gasteiger partial charge in [-0.2, -0.15) is 0 Å². The second kappa shape index (κ2) is 7.74. The third-order valence-corrected chi connectivity index (χ3v) is 3.93. The van der Waals surface area contributed by atoms with Gasteiger partial charge in [0, 0.05) is 12.1 Å². The van der Waals surface area contributed by atoms with E-state index in [1.165, 1.54) is 20.0 Å². The minimum atomic E-state index is -0.184. The molecular weight excluding hydrogens is 228 g/mol. The number of carbonyl (C=O) groups is 1. The molecule has 0 aromatic carbocycles. The molecule has 0 aromatic heterocycles. The van der Waals surface area contributed by atoms with Gasteiger partial charge in [-0.3, -0.25) is 4.79 Å². The fourth-order valence-corrected chi connectivity index (χ4v) is 2.59. The maximum atomic E-state index is 11.8. The fraction of sp³-hybridized carbons (Fsp3) is 0.929. The maximum Gasteiger partial charge on any atom is 0.323 e. The summed E-state index contributed by atoms with van der Waals surface area (Å²) in [5, 5.41) is 6.92. The van der Waals surface area contributed by atoms with Crippen molar-refractivity contribution < 1.29 is 9.53 Å². The summed E-state index contributed by atoms with van der Waals surface area (Å²) in [5.41, 5.74) is 0. The Hall–Kier alpha value is -0.610. The number of hydrogen-bond acceptors (Lipinski definition) is 4. The van der Waals surface area contributed by atoms with Crippen LogP contribution < -0.4 is 10.6 Å². The topological polar surface area (TPSA) is 50.4 Å². The van der Waals surface area contributed by atoms with Crippen LogP contribution in [0, 0.1) is 5.92 Å². The maximum absolute atomic E-state index is 11.8. The molecule has 4 nitrogen and oxygen atoms in total. The molecule has 4 unspecified atom stereocenters. The van der Waals surface area contributed by atoms with E-state index in [2.05, 4.69) is 31.4 Å². The summed E-state index contributed by atoms with van der Waals surface area (Å²) in [6.45, 7) is 7.47. The standard InChI is InChI=1S/C14H28N2O2/c1-5-10(2)13(14(17)18-4)16-11(3)9-12-7-6-8-15-12/h10-13,15-16H,5-9H2,1-4H3. The Morgan fingerprint density at radius 2 is 2.22 bits per heavy atom. The Bertz CT molecular complexity index is 252. The fourth-order valence-electron chi connectivity index (χ4n) is 2.59. The van der Waals surface area contributed by atoms with Crippen LogP contribution in [0.1, 0.15) is 46.5 Å². The molecule has 0 bridgehead atoms. The number of carbonyl (C=O) groups excluding carboxylic acids is 1. The molecule has 0 aromatic rings. The molecule has 1 heterocycles. The van der Waals surface area contributed by atoms with Crippen LogP contribution in [0.15, 0.2) is 0 Å². The molecule has 4 heteroatoms. The van der Waals surface area contributed by atoms with Crippen LogP contribution >= 0.6 is 0 Å². The van der Waals surface area contributed by atoms with E-state index in [0.29, 0.717) is 18.0 Å². The van der Waals surface area contributed by atoms with Crippen molar-refractivity contribution in [2.24, 2.45) is 5.92 Å². The van der Waals surface area contributed by atoms with Gasteiger partial charge in [0.1, 0.15) is 6.04 Å². The smallest absolute Gasteiger partial charge is 0.323 e. The lowest BCUT2D eigenvalue weighted by Gasteiger charge is -2.27. The highest BCUT2D eigenvalue weighted by Gasteiger charge is 2.27. The molecule has 1 rings (SSSR count). The second-order valence-electron chi connectivity index (χ2n) is 5.48. The van der Waals surface area contributed by atoms with Gasteiger partial charge in [0.15, 0.2) is 0 Å². The molecule has 2 N–H and O–H groups in total. The lowest BCUT2D eigenvalue weighted by molar-refractivity contribution is -0.144. The largest absolute Gasteiger partial charge is 0.468 e. The molecule has 1 aliphatic heterocycles. The minimum absolute atomic E-state index is 0.143. The molecule has 1 saturated heterocycles. The Morgan fingerprint density at radius 3 is 2.72 bits per heavy atom. The van der Waals surface area contributed by atoms with Gasteiger partial charge in [0.2, 0.25) is 0 Å². The van der Waals surface area contributed by atoms with E-state index >= 15 is 0 Å². The summed E-state index contributed by atoms with van der Waals surface area (Å²) in [4.78, 5) is 11.8. The van der Waals surface area contributed by atoms with Crippen molar-refractivity contribution in [1.82, 2.24) is 10.6 Å². The molecule has 1 aliphatic rings. The average molecular weight is 256 g/mol. The molecule has 0 radical (unpaired) electrons. The van der Waals surface area contributed by atoms with E-state index in [-0.39, 0.29) is 12.0 Å². The quantitative estimate of drug-likeness (QED) is 0.681. The van der Waals surface area contributed by atoms with Crippen molar-refractivity contribution in [3.05, 3.63) is 0 Å². The molecule has 106 valence electrons. The zero-order chi connectivity index (χ0) is 13.5. The summed E-state index contributed by atoms with van der Waals surface area (Å²) in [6.07, 6.45) is 4.56. The van der Waals surface area contributed by atoms with Crippen LogP contribution in [-0.2, 0) is 9.53 Å². The van der Waals surface area contributed by atoms with Gasteiger partial charge in [-0.05, 0) is 38.6 Å². The lowest BCUT2D eigenvalue weighted by Crippen LogP contribution is -2.48. The summed E-state index contributed by atoms with van der Waals surface area (Å²) < 4.78 is 4.89. The Labute approximate surface area is 111 Å².